The first-order valence-corrected chi connectivity index (χ1v) is 15.0. The molecule has 5 heterocycles. The first-order valence-electron chi connectivity index (χ1n) is 15.0. The zero-order chi connectivity index (χ0) is 27.1. The third-order valence-corrected chi connectivity index (χ3v) is 10.0. The zero-order valence-electron chi connectivity index (χ0n) is 23.4. The van der Waals surface area contributed by atoms with Gasteiger partial charge in [-0.2, -0.15) is 15.0 Å². The Bertz CT molecular complexity index is 1440. The number of aromatic nitrogens is 5. The van der Waals surface area contributed by atoms with Crippen molar-refractivity contribution in [1.82, 2.24) is 34.3 Å². The van der Waals surface area contributed by atoms with E-state index in [1.165, 1.54) is 41.6 Å². The van der Waals surface area contributed by atoms with Crippen molar-refractivity contribution in [1.29, 1.82) is 0 Å². The Morgan fingerprint density at radius 3 is 2.30 bits per heavy atom. The number of amides is 1. The number of hydrogen-bond donors (Lipinski definition) is 0. The summed E-state index contributed by atoms with van der Waals surface area (Å²) >= 11 is 0. The Balaban J connectivity index is 1.05. The van der Waals surface area contributed by atoms with E-state index in [-0.39, 0.29) is 17.9 Å². The lowest BCUT2D eigenvalue weighted by molar-refractivity contribution is -0.134. The lowest BCUT2D eigenvalue weighted by atomic mass is 9.70. The number of carbonyl (C=O) groups is 1. The van der Waals surface area contributed by atoms with Crippen LogP contribution >= 0.6 is 0 Å². The summed E-state index contributed by atoms with van der Waals surface area (Å²) in [5.41, 5.74) is 3.93. The Kier molecular flexibility index (Phi) is 6.66. The van der Waals surface area contributed by atoms with E-state index in [0.717, 1.165) is 50.2 Å². The summed E-state index contributed by atoms with van der Waals surface area (Å²) in [6.07, 6.45) is 11.4. The van der Waals surface area contributed by atoms with Crippen LogP contribution in [0.15, 0.2) is 67.0 Å². The molecule has 40 heavy (non-hydrogen) atoms. The number of nitrogens with zero attached hydrogens (tertiary/aromatic N) is 7. The predicted molar refractivity (Wildman–Crippen MR) is 155 cm³/mol. The maximum absolute atomic E-state index is 13.0. The van der Waals surface area contributed by atoms with E-state index in [1.807, 2.05) is 4.90 Å². The number of likely N-dealkylation sites (tertiary alicyclic amines) is 1. The van der Waals surface area contributed by atoms with Gasteiger partial charge in [0.2, 0.25) is 5.91 Å². The maximum atomic E-state index is 13.0. The molecule has 3 aliphatic heterocycles. The fraction of sp³-hybridized carbons (Fsp3) is 0.500. The molecule has 2 aromatic heterocycles. The summed E-state index contributed by atoms with van der Waals surface area (Å²) in [5.74, 6) is 1.26. The molecular formula is C32H39N7O. The number of para-hydroxylation sites is 2. The highest BCUT2D eigenvalue weighted by molar-refractivity contribution is 5.76. The highest BCUT2D eigenvalue weighted by atomic mass is 16.2. The van der Waals surface area contributed by atoms with E-state index >= 15 is 0 Å². The summed E-state index contributed by atoms with van der Waals surface area (Å²) in [7, 11) is 0. The van der Waals surface area contributed by atoms with Crippen LogP contribution < -0.4 is 0 Å². The van der Waals surface area contributed by atoms with Gasteiger partial charge in [0, 0.05) is 31.2 Å². The van der Waals surface area contributed by atoms with E-state index in [4.69, 9.17) is 4.98 Å². The largest absolute Gasteiger partial charge is 0.341 e. The SMILES string of the molecule is Cc1nc2ccccc2n1C1C[C@H]2CC[C@@H](C1)N2CCC1(c2ccccc2)CCN(C(=O)Cn2nccn2)CC1. The highest BCUT2D eigenvalue weighted by Gasteiger charge is 2.44. The van der Waals surface area contributed by atoms with E-state index in [9.17, 15) is 4.79 Å². The normalized spacial score (nSPS) is 24.5. The van der Waals surface area contributed by atoms with Gasteiger partial charge in [-0.1, -0.05) is 42.5 Å². The smallest absolute Gasteiger partial charge is 0.246 e. The monoisotopic (exact) mass is 537 g/mol. The number of aryl methyl sites for hydroxylation is 1. The van der Waals surface area contributed by atoms with Gasteiger partial charge in [-0.05, 0) is 81.5 Å². The summed E-state index contributed by atoms with van der Waals surface area (Å²) in [6, 6.07) is 21.5. The van der Waals surface area contributed by atoms with Crippen molar-refractivity contribution in [3.63, 3.8) is 0 Å². The van der Waals surface area contributed by atoms with Crippen LogP contribution in [-0.2, 0) is 16.8 Å². The molecule has 8 heteroatoms. The number of benzene rings is 2. The lowest BCUT2D eigenvalue weighted by Gasteiger charge is -2.45. The van der Waals surface area contributed by atoms with Gasteiger partial charge in [0.15, 0.2) is 0 Å². The quantitative estimate of drug-likeness (QED) is 0.340. The first-order chi connectivity index (χ1) is 19.6. The van der Waals surface area contributed by atoms with Crippen LogP contribution in [0.4, 0.5) is 0 Å². The van der Waals surface area contributed by atoms with Crippen LogP contribution in [0.25, 0.3) is 11.0 Å². The minimum atomic E-state index is 0.107. The molecule has 4 aromatic rings. The van der Waals surface area contributed by atoms with Gasteiger partial charge in [0.05, 0.1) is 23.4 Å². The Hall–Kier alpha value is -3.52. The Morgan fingerprint density at radius 2 is 1.57 bits per heavy atom. The molecular weight excluding hydrogens is 498 g/mol. The molecule has 3 fully saturated rings. The lowest BCUT2D eigenvalue weighted by Crippen LogP contribution is -2.49. The van der Waals surface area contributed by atoms with Gasteiger partial charge < -0.3 is 9.47 Å². The van der Waals surface area contributed by atoms with Crippen molar-refractivity contribution in [2.45, 2.75) is 82.0 Å². The molecule has 3 aliphatic rings. The number of hydrogen-bond acceptors (Lipinski definition) is 5. The van der Waals surface area contributed by atoms with Gasteiger partial charge in [-0.3, -0.25) is 9.69 Å². The minimum Gasteiger partial charge on any atom is -0.341 e. The van der Waals surface area contributed by atoms with Gasteiger partial charge >= 0.3 is 0 Å². The molecule has 0 radical (unpaired) electrons. The Morgan fingerprint density at radius 1 is 0.900 bits per heavy atom. The van der Waals surface area contributed by atoms with E-state index in [1.54, 1.807) is 12.4 Å². The van der Waals surface area contributed by atoms with Crippen LogP contribution in [0.3, 0.4) is 0 Å². The van der Waals surface area contributed by atoms with Crippen LogP contribution in [0, 0.1) is 6.92 Å². The van der Waals surface area contributed by atoms with Crippen molar-refractivity contribution in [2.24, 2.45) is 0 Å². The van der Waals surface area contributed by atoms with Crippen LogP contribution in [0.1, 0.15) is 62.4 Å². The summed E-state index contributed by atoms with van der Waals surface area (Å²) in [5, 5.41) is 8.23. The van der Waals surface area contributed by atoms with Crippen LogP contribution in [-0.4, -0.2) is 72.0 Å². The van der Waals surface area contributed by atoms with E-state index in [0.29, 0.717) is 18.1 Å². The minimum absolute atomic E-state index is 0.107. The average molecular weight is 538 g/mol. The van der Waals surface area contributed by atoms with Crippen molar-refractivity contribution < 1.29 is 4.79 Å². The molecule has 2 bridgehead atoms. The highest BCUT2D eigenvalue weighted by Crippen LogP contribution is 2.45. The first kappa shape index (κ1) is 25.4. The van der Waals surface area contributed by atoms with Crippen molar-refractivity contribution in [2.75, 3.05) is 19.6 Å². The van der Waals surface area contributed by atoms with Gasteiger partial charge in [0.1, 0.15) is 12.4 Å². The van der Waals surface area contributed by atoms with Crippen LogP contribution in [0.2, 0.25) is 0 Å². The zero-order valence-corrected chi connectivity index (χ0v) is 23.4. The molecule has 0 saturated carbocycles. The topological polar surface area (TPSA) is 72.1 Å². The van der Waals surface area contributed by atoms with Gasteiger partial charge in [-0.15, -0.1) is 0 Å². The molecule has 0 spiro atoms. The average Bonchev–Trinajstić information content (AvgIpc) is 3.68. The second-order valence-electron chi connectivity index (χ2n) is 12.1. The molecule has 3 atom stereocenters. The number of piperidine rings is 2. The summed E-state index contributed by atoms with van der Waals surface area (Å²) in [6.45, 7) is 5.09. The van der Waals surface area contributed by atoms with E-state index in [2.05, 4.69) is 81.2 Å². The van der Waals surface area contributed by atoms with E-state index < -0.39 is 0 Å². The maximum Gasteiger partial charge on any atom is 0.246 e. The molecule has 1 unspecified atom stereocenters. The molecule has 208 valence electrons. The molecule has 1 amide bonds. The summed E-state index contributed by atoms with van der Waals surface area (Å²) < 4.78 is 2.52. The van der Waals surface area contributed by atoms with Crippen molar-refractivity contribution in [3.8, 4) is 0 Å². The van der Waals surface area contributed by atoms with Crippen molar-refractivity contribution in [3.05, 3.63) is 78.4 Å². The third kappa shape index (κ3) is 4.62. The molecule has 8 nitrogen and oxygen atoms in total. The fourth-order valence-corrected chi connectivity index (χ4v) is 8.00. The number of rotatable bonds is 7. The molecule has 2 aromatic carbocycles. The predicted octanol–water partition coefficient (Wildman–Crippen LogP) is 4.75. The molecule has 3 saturated heterocycles. The number of fused-ring (bicyclic) bond motifs is 3. The second-order valence-corrected chi connectivity index (χ2v) is 12.1. The van der Waals surface area contributed by atoms with Crippen LogP contribution in [0.5, 0.6) is 0 Å². The standard InChI is InChI=1S/C32H39N7O/c1-24-35-29-9-5-6-10-30(29)39(24)28-21-26-11-12-27(22-28)37(26)20-15-32(25-7-3-2-4-8-25)13-18-36(19-14-32)31(40)23-38-33-16-17-34-38/h2-10,16-17,26-28H,11-15,18-23H2,1H3/t26-,27+,28?. The molecule has 7 rings (SSSR count). The van der Waals surface area contributed by atoms with Crippen molar-refractivity contribution >= 4 is 16.9 Å². The molecule has 0 aliphatic carbocycles. The number of carbonyl (C=O) groups excluding carboxylic acids is 1. The third-order valence-electron chi connectivity index (χ3n) is 10.0. The van der Waals surface area contributed by atoms with Gasteiger partial charge in [-0.25, -0.2) is 4.98 Å². The Labute approximate surface area is 236 Å². The number of imidazole rings is 1. The summed E-state index contributed by atoms with van der Waals surface area (Å²) in [4.78, 5) is 24.2. The second kappa shape index (κ2) is 10.5. The molecule has 0 N–H and O–H groups in total. The van der Waals surface area contributed by atoms with Gasteiger partial charge in [0.25, 0.3) is 0 Å². The fourth-order valence-electron chi connectivity index (χ4n) is 8.00.